The van der Waals surface area contributed by atoms with Crippen LogP contribution in [0.2, 0.25) is 0 Å². The Labute approximate surface area is 112 Å². The van der Waals surface area contributed by atoms with Crippen LogP contribution < -0.4 is 15.6 Å². The maximum Gasteiger partial charge on any atom is 0.254 e. The lowest BCUT2D eigenvalue weighted by molar-refractivity contribution is 0.417. The van der Waals surface area contributed by atoms with E-state index < -0.39 is 0 Å². The Morgan fingerprint density at radius 2 is 2.26 bits per heavy atom. The molecule has 1 aromatic carbocycles. The summed E-state index contributed by atoms with van der Waals surface area (Å²) in [5.74, 6) is 1.07. The topological polar surface area (TPSA) is 43.3 Å². The molecule has 2 aromatic rings. The second kappa shape index (κ2) is 4.70. The number of ether oxygens (including phenoxy) is 1. The van der Waals surface area contributed by atoms with E-state index in [4.69, 9.17) is 4.74 Å². The van der Waals surface area contributed by atoms with Crippen LogP contribution in [0.15, 0.2) is 29.1 Å². The third-order valence-electron chi connectivity index (χ3n) is 3.95. The van der Waals surface area contributed by atoms with Crippen molar-refractivity contribution >= 4 is 10.9 Å². The van der Waals surface area contributed by atoms with Crippen LogP contribution in [0.25, 0.3) is 10.9 Å². The fourth-order valence-electron chi connectivity index (χ4n) is 2.92. The Morgan fingerprint density at radius 3 is 2.95 bits per heavy atom. The second-order valence-electron chi connectivity index (χ2n) is 5.05. The van der Waals surface area contributed by atoms with Gasteiger partial charge in [-0.2, -0.15) is 0 Å². The Hall–Kier alpha value is -1.81. The molecule has 1 atom stereocenters. The molecule has 100 valence electrons. The molecule has 1 unspecified atom stereocenters. The van der Waals surface area contributed by atoms with Gasteiger partial charge in [-0.05, 0) is 25.1 Å². The lowest BCUT2D eigenvalue weighted by Gasteiger charge is -2.14. The smallest absolute Gasteiger partial charge is 0.254 e. The van der Waals surface area contributed by atoms with E-state index in [9.17, 15) is 4.79 Å². The first-order valence-corrected chi connectivity index (χ1v) is 6.59. The predicted molar refractivity (Wildman–Crippen MR) is 76.0 cm³/mol. The van der Waals surface area contributed by atoms with Crippen molar-refractivity contribution in [1.29, 1.82) is 0 Å². The summed E-state index contributed by atoms with van der Waals surface area (Å²) in [5, 5.41) is 4.37. The van der Waals surface area contributed by atoms with Crippen molar-refractivity contribution in [2.24, 2.45) is 7.05 Å². The number of fused-ring (bicyclic) bond motifs is 1. The highest BCUT2D eigenvalue weighted by molar-refractivity contribution is 5.85. The van der Waals surface area contributed by atoms with Crippen LogP contribution in [-0.2, 0) is 7.05 Å². The fourth-order valence-corrected chi connectivity index (χ4v) is 2.92. The lowest BCUT2D eigenvalue weighted by Crippen LogP contribution is -2.24. The monoisotopic (exact) mass is 258 g/mol. The first-order chi connectivity index (χ1) is 9.22. The zero-order valence-electron chi connectivity index (χ0n) is 11.3. The number of para-hydroxylation sites is 1. The summed E-state index contributed by atoms with van der Waals surface area (Å²) in [7, 11) is 3.45. The molecule has 0 saturated carbocycles. The quantitative estimate of drug-likeness (QED) is 0.890. The Balaban J connectivity index is 2.27. The van der Waals surface area contributed by atoms with Gasteiger partial charge in [0.1, 0.15) is 5.75 Å². The highest BCUT2D eigenvalue weighted by atomic mass is 16.5. The van der Waals surface area contributed by atoms with Crippen LogP contribution in [0.4, 0.5) is 0 Å². The molecule has 0 amide bonds. The molecular formula is C15H18N2O2. The van der Waals surface area contributed by atoms with Crippen LogP contribution in [-0.4, -0.2) is 24.8 Å². The molecular weight excluding hydrogens is 240 g/mol. The van der Waals surface area contributed by atoms with E-state index in [1.165, 1.54) is 0 Å². The molecule has 0 aliphatic carbocycles. The SMILES string of the molecule is COc1cccc2cc(C3CCNC3)c(=O)n(C)c12. The molecule has 19 heavy (non-hydrogen) atoms. The van der Waals surface area contributed by atoms with Gasteiger partial charge in [-0.25, -0.2) is 0 Å². The first-order valence-electron chi connectivity index (χ1n) is 6.59. The molecule has 0 radical (unpaired) electrons. The third-order valence-corrected chi connectivity index (χ3v) is 3.95. The highest BCUT2D eigenvalue weighted by Gasteiger charge is 2.21. The van der Waals surface area contributed by atoms with Gasteiger partial charge in [-0.15, -0.1) is 0 Å². The van der Waals surface area contributed by atoms with E-state index in [2.05, 4.69) is 5.32 Å². The molecule has 1 saturated heterocycles. The molecule has 1 fully saturated rings. The van der Waals surface area contributed by atoms with Crippen LogP contribution in [0, 0.1) is 0 Å². The van der Waals surface area contributed by atoms with Crippen molar-refractivity contribution in [3.63, 3.8) is 0 Å². The summed E-state index contributed by atoms with van der Waals surface area (Å²) in [6.07, 6.45) is 1.03. The normalized spacial score (nSPS) is 18.9. The molecule has 0 bridgehead atoms. The minimum Gasteiger partial charge on any atom is -0.495 e. The number of methoxy groups -OCH3 is 1. The predicted octanol–water partition coefficient (Wildman–Crippen LogP) is 1.62. The summed E-state index contributed by atoms with van der Waals surface area (Å²) >= 11 is 0. The zero-order valence-corrected chi connectivity index (χ0v) is 11.3. The molecule has 1 aromatic heterocycles. The van der Waals surface area contributed by atoms with E-state index in [-0.39, 0.29) is 5.56 Å². The minimum atomic E-state index is 0.0886. The molecule has 3 rings (SSSR count). The summed E-state index contributed by atoms with van der Waals surface area (Å²) in [6.45, 7) is 1.88. The summed E-state index contributed by atoms with van der Waals surface area (Å²) < 4.78 is 7.07. The van der Waals surface area contributed by atoms with Crippen molar-refractivity contribution in [2.45, 2.75) is 12.3 Å². The van der Waals surface area contributed by atoms with E-state index in [1.54, 1.807) is 11.7 Å². The van der Waals surface area contributed by atoms with Crippen molar-refractivity contribution in [3.8, 4) is 5.75 Å². The zero-order chi connectivity index (χ0) is 13.4. The molecule has 4 heteroatoms. The van der Waals surface area contributed by atoms with Crippen molar-refractivity contribution in [2.75, 3.05) is 20.2 Å². The molecule has 2 heterocycles. The van der Waals surface area contributed by atoms with Gasteiger partial charge in [0.25, 0.3) is 5.56 Å². The Kier molecular flexibility index (Phi) is 3.03. The third kappa shape index (κ3) is 1.92. The van der Waals surface area contributed by atoms with Crippen molar-refractivity contribution < 1.29 is 4.74 Å². The molecule has 0 spiro atoms. The van der Waals surface area contributed by atoms with Crippen LogP contribution in [0.5, 0.6) is 5.75 Å². The van der Waals surface area contributed by atoms with Crippen molar-refractivity contribution in [3.05, 3.63) is 40.2 Å². The van der Waals surface area contributed by atoms with Gasteiger partial charge in [0.2, 0.25) is 0 Å². The van der Waals surface area contributed by atoms with Crippen LogP contribution in [0.1, 0.15) is 17.9 Å². The fraction of sp³-hybridized carbons (Fsp3) is 0.400. The van der Waals surface area contributed by atoms with Gasteiger partial charge < -0.3 is 14.6 Å². The Bertz CT molecular complexity index is 670. The average Bonchev–Trinajstić information content (AvgIpc) is 2.95. The van der Waals surface area contributed by atoms with Gasteiger partial charge >= 0.3 is 0 Å². The van der Waals surface area contributed by atoms with Crippen LogP contribution in [0.3, 0.4) is 0 Å². The van der Waals surface area contributed by atoms with E-state index in [0.717, 1.165) is 41.7 Å². The average molecular weight is 258 g/mol. The number of hydrogen-bond acceptors (Lipinski definition) is 3. The first kappa shape index (κ1) is 12.2. The van der Waals surface area contributed by atoms with Gasteiger partial charge in [-0.3, -0.25) is 4.79 Å². The maximum atomic E-state index is 12.5. The maximum absolute atomic E-state index is 12.5. The summed E-state index contributed by atoms with van der Waals surface area (Å²) in [4.78, 5) is 12.5. The number of pyridine rings is 1. The number of nitrogens with zero attached hydrogens (tertiary/aromatic N) is 1. The number of hydrogen-bond donors (Lipinski definition) is 1. The van der Waals surface area contributed by atoms with Gasteiger partial charge in [0.15, 0.2) is 0 Å². The lowest BCUT2D eigenvalue weighted by atomic mass is 9.98. The largest absolute Gasteiger partial charge is 0.495 e. The standard InChI is InChI=1S/C15H18N2O2/c1-17-14-10(4-3-5-13(14)19-2)8-12(15(17)18)11-6-7-16-9-11/h3-5,8,11,16H,6-7,9H2,1-2H3. The van der Waals surface area contributed by atoms with Gasteiger partial charge in [0.05, 0.1) is 12.6 Å². The molecule has 1 aliphatic rings. The Morgan fingerprint density at radius 1 is 1.42 bits per heavy atom. The molecule has 1 aliphatic heterocycles. The van der Waals surface area contributed by atoms with Crippen molar-refractivity contribution in [1.82, 2.24) is 9.88 Å². The number of benzene rings is 1. The van der Waals surface area contributed by atoms with E-state index >= 15 is 0 Å². The van der Waals surface area contributed by atoms with Gasteiger partial charge in [0, 0.05) is 30.5 Å². The molecule has 4 nitrogen and oxygen atoms in total. The van der Waals surface area contributed by atoms with Gasteiger partial charge in [-0.1, -0.05) is 12.1 Å². The number of rotatable bonds is 2. The number of aromatic nitrogens is 1. The van der Waals surface area contributed by atoms with E-state index in [1.807, 2.05) is 31.3 Å². The number of aryl methyl sites for hydroxylation is 1. The summed E-state index contributed by atoms with van der Waals surface area (Å²) in [6, 6.07) is 7.90. The summed E-state index contributed by atoms with van der Waals surface area (Å²) in [5.41, 5.74) is 1.86. The van der Waals surface area contributed by atoms with Crippen LogP contribution >= 0.6 is 0 Å². The minimum absolute atomic E-state index is 0.0886. The second-order valence-corrected chi connectivity index (χ2v) is 5.05. The molecule has 1 N–H and O–H groups in total. The highest BCUT2D eigenvalue weighted by Crippen LogP contribution is 2.27. The van der Waals surface area contributed by atoms with E-state index in [0.29, 0.717) is 5.92 Å². The number of nitrogens with one attached hydrogen (secondary N) is 1.